The first-order valence-electron chi connectivity index (χ1n) is 7.74. The summed E-state index contributed by atoms with van der Waals surface area (Å²) in [4.78, 5) is 11.9. The number of para-hydroxylation sites is 1. The van der Waals surface area contributed by atoms with Crippen LogP contribution in [-0.4, -0.2) is 25.8 Å². The van der Waals surface area contributed by atoms with Crippen molar-refractivity contribution in [3.05, 3.63) is 59.4 Å². The summed E-state index contributed by atoms with van der Waals surface area (Å²) in [6.45, 7) is 0.649. The van der Waals surface area contributed by atoms with Crippen LogP contribution in [0.3, 0.4) is 0 Å². The minimum atomic E-state index is -0.450. The molecular weight excluding hydrogens is 311 g/mol. The number of ether oxygens (including phenoxy) is 2. The largest absolute Gasteiger partial charge is 0.494 e. The molecule has 2 amide bonds. The van der Waals surface area contributed by atoms with Crippen molar-refractivity contribution < 1.29 is 18.7 Å². The second kappa shape index (κ2) is 7.21. The van der Waals surface area contributed by atoms with Crippen LogP contribution in [0.5, 0.6) is 11.5 Å². The summed E-state index contributed by atoms with van der Waals surface area (Å²) < 4.78 is 24.2. The highest BCUT2D eigenvalue weighted by molar-refractivity contribution is 5.73. The standard InChI is InChI=1S/C18H19FN2O3/c1-23-17-7-6-12(8-15(17)19)10-20-18(22)21-11-14-9-13-4-2-3-5-16(13)24-14/h2-8,14H,9-11H2,1H3,(H2,20,21,22). The number of benzene rings is 2. The molecule has 2 aromatic carbocycles. The zero-order valence-corrected chi connectivity index (χ0v) is 13.3. The molecule has 126 valence electrons. The Morgan fingerprint density at radius 2 is 2.12 bits per heavy atom. The molecule has 0 saturated heterocycles. The number of urea groups is 1. The van der Waals surface area contributed by atoms with Crippen LogP contribution < -0.4 is 20.1 Å². The van der Waals surface area contributed by atoms with E-state index < -0.39 is 5.82 Å². The van der Waals surface area contributed by atoms with Crippen LogP contribution in [0.25, 0.3) is 0 Å². The van der Waals surface area contributed by atoms with Gasteiger partial charge in [0.2, 0.25) is 0 Å². The van der Waals surface area contributed by atoms with Gasteiger partial charge in [0, 0.05) is 13.0 Å². The first kappa shape index (κ1) is 16.1. The minimum Gasteiger partial charge on any atom is -0.494 e. The van der Waals surface area contributed by atoms with E-state index in [-0.39, 0.29) is 24.4 Å². The summed E-state index contributed by atoms with van der Waals surface area (Å²) in [5, 5.41) is 5.47. The van der Waals surface area contributed by atoms with Crippen LogP contribution in [0.1, 0.15) is 11.1 Å². The number of hydrogen-bond donors (Lipinski definition) is 2. The Kier molecular flexibility index (Phi) is 4.84. The SMILES string of the molecule is COc1ccc(CNC(=O)NCC2Cc3ccccc3O2)cc1F. The van der Waals surface area contributed by atoms with Gasteiger partial charge in [-0.1, -0.05) is 24.3 Å². The lowest BCUT2D eigenvalue weighted by Gasteiger charge is -2.13. The molecule has 6 heteroatoms. The van der Waals surface area contributed by atoms with Crippen molar-refractivity contribution in [3.8, 4) is 11.5 Å². The first-order chi connectivity index (χ1) is 11.7. The quantitative estimate of drug-likeness (QED) is 0.886. The fourth-order valence-corrected chi connectivity index (χ4v) is 2.64. The van der Waals surface area contributed by atoms with Gasteiger partial charge in [0.25, 0.3) is 0 Å². The Bertz CT molecular complexity index is 711. The number of fused-ring (bicyclic) bond motifs is 1. The zero-order valence-electron chi connectivity index (χ0n) is 13.3. The third-order valence-electron chi connectivity index (χ3n) is 3.87. The summed E-state index contributed by atoms with van der Waals surface area (Å²) in [6, 6.07) is 12.1. The molecule has 0 aliphatic carbocycles. The van der Waals surface area contributed by atoms with Gasteiger partial charge in [-0.15, -0.1) is 0 Å². The average molecular weight is 330 g/mol. The van der Waals surface area contributed by atoms with Crippen molar-refractivity contribution in [2.75, 3.05) is 13.7 Å². The third-order valence-corrected chi connectivity index (χ3v) is 3.87. The summed E-state index contributed by atoms with van der Waals surface area (Å²) in [5.74, 6) is 0.605. The molecule has 1 aliphatic heterocycles. The Morgan fingerprint density at radius 3 is 2.88 bits per heavy atom. The predicted octanol–water partition coefficient (Wildman–Crippen LogP) is 2.64. The minimum absolute atomic E-state index is 0.0634. The maximum atomic E-state index is 13.6. The highest BCUT2D eigenvalue weighted by Gasteiger charge is 2.22. The highest BCUT2D eigenvalue weighted by Crippen LogP contribution is 2.27. The van der Waals surface area contributed by atoms with E-state index in [2.05, 4.69) is 10.6 Å². The van der Waals surface area contributed by atoms with Gasteiger partial charge >= 0.3 is 6.03 Å². The van der Waals surface area contributed by atoms with Crippen LogP contribution in [0, 0.1) is 5.82 Å². The second-order valence-electron chi connectivity index (χ2n) is 5.58. The average Bonchev–Trinajstić information content (AvgIpc) is 3.01. The van der Waals surface area contributed by atoms with E-state index >= 15 is 0 Å². The van der Waals surface area contributed by atoms with Gasteiger partial charge in [0.1, 0.15) is 11.9 Å². The van der Waals surface area contributed by atoms with Crippen molar-refractivity contribution in [3.63, 3.8) is 0 Å². The van der Waals surface area contributed by atoms with Crippen molar-refractivity contribution >= 4 is 6.03 Å². The fraction of sp³-hybridized carbons (Fsp3) is 0.278. The number of hydrogen-bond acceptors (Lipinski definition) is 3. The van der Waals surface area contributed by atoms with Gasteiger partial charge in [0.05, 0.1) is 13.7 Å². The zero-order chi connectivity index (χ0) is 16.9. The molecule has 1 unspecified atom stereocenters. The lowest BCUT2D eigenvalue weighted by atomic mass is 10.1. The monoisotopic (exact) mass is 330 g/mol. The Hall–Kier alpha value is -2.76. The van der Waals surface area contributed by atoms with Gasteiger partial charge in [-0.3, -0.25) is 0 Å². The highest BCUT2D eigenvalue weighted by atomic mass is 19.1. The van der Waals surface area contributed by atoms with Gasteiger partial charge in [-0.25, -0.2) is 9.18 Å². The molecule has 0 saturated carbocycles. The smallest absolute Gasteiger partial charge is 0.315 e. The van der Waals surface area contributed by atoms with Crippen LogP contribution in [0.2, 0.25) is 0 Å². The maximum absolute atomic E-state index is 13.6. The van der Waals surface area contributed by atoms with Crippen molar-refractivity contribution in [2.45, 2.75) is 19.1 Å². The Morgan fingerprint density at radius 1 is 1.29 bits per heavy atom. The molecule has 24 heavy (non-hydrogen) atoms. The van der Waals surface area contributed by atoms with E-state index in [0.29, 0.717) is 12.1 Å². The second-order valence-corrected chi connectivity index (χ2v) is 5.58. The van der Waals surface area contributed by atoms with Crippen molar-refractivity contribution in [1.82, 2.24) is 10.6 Å². The molecule has 0 spiro atoms. The third kappa shape index (κ3) is 3.76. The van der Waals surface area contributed by atoms with Gasteiger partial charge in [-0.2, -0.15) is 0 Å². The predicted molar refractivity (Wildman–Crippen MR) is 87.8 cm³/mol. The first-order valence-corrected chi connectivity index (χ1v) is 7.74. The summed E-state index contributed by atoms with van der Waals surface area (Å²) in [5.41, 5.74) is 1.81. The molecule has 1 heterocycles. The molecule has 1 atom stereocenters. The van der Waals surface area contributed by atoms with E-state index in [1.165, 1.54) is 19.2 Å². The number of carbonyl (C=O) groups excluding carboxylic acids is 1. The number of rotatable bonds is 5. The number of carbonyl (C=O) groups is 1. The number of amides is 2. The van der Waals surface area contributed by atoms with Crippen LogP contribution in [0.4, 0.5) is 9.18 Å². The number of halogens is 1. The number of methoxy groups -OCH3 is 1. The van der Waals surface area contributed by atoms with Crippen molar-refractivity contribution in [2.24, 2.45) is 0 Å². The molecule has 0 aromatic heterocycles. The Labute approximate surface area is 139 Å². The normalized spacial score (nSPS) is 15.3. The van der Waals surface area contributed by atoms with Crippen LogP contribution in [0.15, 0.2) is 42.5 Å². The number of nitrogens with one attached hydrogen (secondary N) is 2. The van der Waals surface area contributed by atoms with Gasteiger partial charge in [0.15, 0.2) is 11.6 Å². The molecule has 1 aliphatic rings. The molecular formula is C18H19FN2O3. The maximum Gasteiger partial charge on any atom is 0.315 e. The van der Waals surface area contributed by atoms with E-state index in [0.717, 1.165) is 17.7 Å². The van der Waals surface area contributed by atoms with Crippen molar-refractivity contribution in [1.29, 1.82) is 0 Å². The Balaban J connectivity index is 1.43. The van der Waals surface area contributed by atoms with E-state index in [1.807, 2.05) is 24.3 Å². The molecule has 0 bridgehead atoms. The van der Waals surface area contributed by atoms with Gasteiger partial charge < -0.3 is 20.1 Å². The molecule has 2 N–H and O–H groups in total. The molecule has 0 radical (unpaired) electrons. The summed E-state index contributed by atoms with van der Waals surface area (Å²) in [7, 11) is 1.41. The van der Waals surface area contributed by atoms with Gasteiger partial charge in [-0.05, 0) is 29.3 Å². The van der Waals surface area contributed by atoms with E-state index in [1.54, 1.807) is 6.07 Å². The molecule has 0 fully saturated rings. The lowest BCUT2D eigenvalue weighted by molar-refractivity contribution is 0.214. The topological polar surface area (TPSA) is 59.6 Å². The summed E-state index contributed by atoms with van der Waals surface area (Å²) in [6.07, 6.45) is 0.715. The van der Waals surface area contributed by atoms with E-state index in [4.69, 9.17) is 9.47 Å². The molecule has 2 aromatic rings. The fourth-order valence-electron chi connectivity index (χ4n) is 2.64. The molecule has 3 rings (SSSR count). The van der Waals surface area contributed by atoms with Crippen LogP contribution >= 0.6 is 0 Å². The summed E-state index contributed by atoms with van der Waals surface area (Å²) >= 11 is 0. The molecule has 5 nitrogen and oxygen atoms in total. The lowest BCUT2D eigenvalue weighted by Crippen LogP contribution is -2.40. The van der Waals surface area contributed by atoms with Crippen LogP contribution in [-0.2, 0) is 13.0 Å². The van der Waals surface area contributed by atoms with E-state index in [9.17, 15) is 9.18 Å².